The van der Waals surface area contributed by atoms with Crippen LogP contribution in [0.1, 0.15) is 38.5 Å². The zero-order valence-corrected chi connectivity index (χ0v) is 10.7. The van der Waals surface area contributed by atoms with Gasteiger partial charge >= 0.3 is 5.97 Å². The Morgan fingerprint density at radius 2 is 1.81 bits per heavy atom. The van der Waals surface area contributed by atoms with Crippen molar-refractivity contribution < 1.29 is 15.0 Å². The average molecular weight is 289 g/mol. The van der Waals surface area contributed by atoms with E-state index in [9.17, 15) is 9.90 Å². The standard InChI is InChI=1S/C12H17BrO3/c13-12-4-7-1-8(5-12)3-11(2-7,6-12)9(14)10(15)16/h7-9,14H,1-6H2,(H,15,16)/t7-,8-,9-,11?,12?/m1/s1. The van der Waals surface area contributed by atoms with Gasteiger partial charge in [0.1, 0.15) is 0 Å². The summed E-state index contributed by atoms with van der Waals surface area (Å²) in [5.74, 6) is 0.197. The Morgan fingerprint density at radius 3 is 2.25 bits per heavy atom. The number of halogens is 1. The van der Waals surface area contributed by atoms with Crippen molar-refractivity contribution in [2.24, 2.45) is 17.3 Å². The Kier molecular flexibility index (Phi) is 2.22. The zero-order chi connectivity index (χ0) is 11.6. The van der Waals surface area contributed by atoms with Crippen molar-refractivity contribution in [2.45, 2.75) is 49.0 Å². The van der Waals surface area contributed by atoms with Gasteiger partial charge in [-0.2, -0.15) is 0 Å². The van der Waals surface area contributed by atoms with Crippen LogP contribution in [0.25, 0.3) is 0 Å². The molecule has 90 valence electrons. The molecule has 0 heterocycles. The molecule has 4 rings (SSSR count). The van der Waals surface area contributed by atoms with Crippen LogP contribution < -0.4 is 0 Å². The Morgan fingerprint density at radius 1 is 1.25 bits per heavy atom. The Hall–Kier alpha value is -0.0900. The first-order valence-electron chi connectivity index (χ1n) is 6.02. The minimum absolute atomic E-state index is 0.119. The molecule has 0 aromatic carbocycles. The third-order valence-electron chi connectivity index (χ3n) is 4.85. The SMILES string of the molecule is O=C(O)[C@@H](O)C12C[C@H]3C[C@@H](CC(Br)(C3)C1)C2. The Bertz CT molecular complexity index is 327. The van der Waals surface area contributed by atoms with Crippen molar-refractivity contribution in [1.29, 1.82) is 0 Å². The molecule has 2 N–H and O–H groups in total. The van der Waals surface area contributed by atoms with Crippen LogP contribution in [0.4, 0.5) is 0 Å². The molecule has 4 heteroatoms. The highest BCUT2D eigenvalue weighted by molar-refractivity contribution is 9.10. The van der Waals surface area contributed by atoms with E-state index in [2.05, 4.69) is 15.9 Å². The van der Waals surface area contributed by atoms with Crippen LogP contribution in [-0.2, 0) is 4.79 Å². The van der Waals surface area contributed by atoms with Gasteiger partial charge in [-0.3, -0.25) is 0 Å². The molecule has 16 heavy (non-hydrogen) atoms. The van der Waals surface area contributed by atoms with E-state index in [-0.39, 0.29) is 9.74 Å². The highest BCUT2D eigenvalue weighted by atomic mass is 79.9. The molecule has 4 fully saturated rings. The van der Waals surface area contributed by atoms with Gasteiger partial charge in [-0.1, -0.05) is 15.9 Å². The summed E-state index contributed by atoms with van der Waals surface area (Å²) in [6.45, 7) is 0. The van der Waals surface area contributed by atoms with Crippen molar-refractivity contribution in [3.63, 3.8) is 0 Å². The monoisotopic (exact) mass is 288 g/mol. The van der Waals surface area contributed by atoms with Gasteiger partial charge in [-0.15, -0.1) is 0 Å². The molecule has 0 radical (unpaired) electrons. The molecule has 3 atom stereocenters. The summed E-state index contributed by atoms with van der Waals surface area (Å²) < 4.78 is 0.119. The fourth-order valence-corrected chi connectivity index (χ4v) is 6.28. The second-order valence-corrected chi connectivity index (χ2v) is 7.90. The lowest BCUT2D eigenvalue weighted by Crippen LogP contribution is -2.58. The van der Waals surface area contributed by atoms with Crippen molar-refractivity contribution in [1.82, 2.24) is 0 Å². The largest absolute Gasteiger partial charge is 0.479 e. The number of carbonyl (C=O) groups is 1. The van der Waals surface area contributed by atoms with Crippen LogP contribution in [0.3, 0.4) is 0 Å². The zero-order valence-electron chi connectivity index (χ0n) is 9.16. The molecule has 0 unspecified atom stereocenters. The Labute approximate surface area is 103 Å². The molecule has 0 aromatic rings. The predicted octanol–water partition coefficient (Wildman–Crippen LogP) is 2.17. The number of aliphatic hydroxyl groups is 1. The van der Waals surface area contributed by atoms with Crippen LogP contribution in [0, 0.1) is 17.3 Å². The van der Waals surface area contributed by atoms with Gasteiger partial charge in [0.25, 0.3) is 0 Å². The quantitative estimate of drug-likeness (QED) is 0.766. The topological polar surface area (TPSA) is 57.5 Å². The van der Waals surface area contributed by atoms with Crippen molar-refractivity contribution >= 4 is 21.9 Å². The van der Waals surface area contributed by atoms with Crippen LogP contribution in [0.2, 0.25) is 0 Å². The smallest absolute Gasteiger partial charge is 0.333 e. The molecule has 0 aromatic heterocycles. The minimum atomic E-state index is -1.17. The summed E-state index contributed by atoms with van der Waals surface area (Å²) >= 11 is 3.81. The van der Waals surface area contributed by atoms with Gasteiger partial charge in [0.05, 0.1) is 0 Å². The molecule has 4 aliphatic rings. The van der Waals surface area contributed by atoms with E-state index in [1.165, 1.54) is 6.42 Å². The van der Waals surface area contributed by atoms with Gasteiger partial charge in [-0.25, -0.2) is 4.79 Å². The summed E-state index contributed by atoms with van der Waals surface area (Å²) in [5.41, 5.74) is -0.348. The van der Waals surface area contributed by atoms with Crippen molar-refractivity contribution in [3.8, 4) is 0 Å². The van der Waals surface area contributed by atoms with Crippen LogP contribution in [0.5, 0.6) is 0 Å². The Balaban J connectivity index is 1.94. The fraction of sp³-hybridized carbons (Fsp3) is 0.917. The lowest BCUT2D eigenvalue weighted by molar-refractivity contribution is -0.168. The summed E-state index contributed by atoms with van der Waals surface area (Å²) in [4.78, 5) is 11.1. The maximum atomic E-state index is 11.1. The number of rotatable bonds is 2. The van der Waals surface area contributed by atoms with E-state index >= 15 is 0 Å². The number of aliphatic hydroxyl groups excluding tert-OH is 1. The number of aliphatic carboxylic acids is 1. The summed E-state index contributed by atoms with van der Waals surface area (Å²) in [6, 6.07) is 0. The lowest BCUT2D eigenvalue weighted by Gasteiger charge is -2.61. The van der Waals surface area contributed by atoms with E-state index in [0.29, 0.717) is 11.8 Å². The van der Waals surface area contributed by atoms with Gasteiger partial charge < -0.3 is 10.2 Å². The highest BCUT2D eigenvalue weighted by Crippen LogP contribution is 2.65. The summed E-state index contributed by atoms with van der Waals surface area (Å²) in [7, 11) is 0. The number of hydrogen-bond donors (Lipinski definition) is 2. The first-order chi connectivity index (χ1) is 7.42. The van der Waals surface area contributed by atoms with E-state index in [4.69, 9.17) is 5.11 Å². The maximum absolute atomic E-state index is 11.1. The number of hydrogen-bond acceptors (Lipinski definition) is 2. The molecule has 4 bridgehead atoms. The van der Waals surface area contributed by atoms with Gasteiger partial charge in [0.15, 0.2) is 6.10 Å². The molecule has 4 aliphatic carbocycles. The average Bonchev–Trinajstić information content (AvgIpc) is 2.12. The van der Waals surface area contributed by atoms with Gasteiger partial charge in [0.2, 0.25) is 0 Å². The second kappa shape index (κ2) is 3.22. The number of carboxylic acid groups (broad SMARTS) is 1. The molecule has 0 spiro atoms. The molecular formula is C12H17BrO3. The van der Waals surface area contributed by atoms with Crippen LogP contribution in [-0.4, -0.2) is 26.6 Å². The van der Waals surface area contributed by atoms with E-state index in [1.807, 2.05) is 0 Å². The van der Waals surface area contributed by atoms with E-state index in [0.717, 1.165) is 32.1 Å². The maximum Gasteiger partial charge on any atom is 0.333 e. The van der Waals surface area contributed by atoms with Crippen molar-refractivity contribution in [3.05, 3.63) is 0 Å². The van der Waals surface area contributed by atoms with E-state index < -0.39 is 12.1 Å². The van der Waals surface area contributed by atoms with E-state index in [1.54, 1.807) is 0 Å². The lowest BCUT2D eigenvalue weighted by atomic mass is 9.48. The van der Waals surface area contributed by atoms with Crippen LogP contribution in [0.15, 0.2) is 0 Å². The van der Waals surface area contributed by atoms with Gasteiger partial charge in [0, 0.05) is 9.74 Å². The summed E-state index contributed by atoms with van der Waals surface area (Å²) in [6.07, 6.45) is 5.04. The molecular weight excluding hydrogens is 272 g/mol. The fourth-order valence-electron chi connectivity index (χ4n) is 4.80. The number of alkyl halides is 1. The first kappa shape index (κ1) is 11.0. The first-order valence-corrected chi connectivity index (χ1v) is 6.82. The molecule has 4 saturated carbocycles. The number of carboxylic acids is 1. The molecule has 0 saturated heterocycles. The van der Waals surface area contributed by atoms with Gasteiger partial charge in [-0.05, 0) is 50.4 Å². The molecule has 0 amide bonds. The molecule has 0 aliphatic heterocycles. The summed E-state index contributed by atoms with van der Waals surface area (Å²) in [5, 5.41) is 19.0. The van der Waals surface area contributed by atoms with Crippen molar-refractivity contribution in [2.75, 3.05) is 0 Å². The minimum Gasteiger partial charge on any atom is -0.479 e. The highest BCUT2D eigenvalue weighted by Gasteiger charge is 2.60. The third-order valence-corrected chi connectivity index (χ3v) is 5.78. The molecule has 3 nitrogen and oxygen atoms in total. The second-order valence-electron chi connectivity index (χ2n) is 6.22. The normalized spacial score (nSPS) is 51.6. The predicted molar refractivity (Wildman–Crippen MR) is 62.4 cm³/mol. The van der Waals surface area contributed by atoms with Crippen LogP contribution >= 0.6 is 15.9 Å². The third kappa shape index (κ3) is 1.46.